The number of hydrogen-bond acceptors (Lipinski definition) is 4. The van der Waals surface area contributed by atoms with Crippen molar-refractivity contribution in [3.8, 4) is 0 Å². The van der Waals surface area contributed by atoms with Crippen LogP contribution in [0, 0.1) is 6.92 Å². The molecular weight excluding hydrogens is 262 g/mol. The van der Waals surface area contributed by atoms with E-state index in [1.54, 1.807) is 24.3 Å². The molecule has 0 radical (unpaired) electrons. The smallest absolute Gasteiger partial charge is 0.371 e. The molecule has 1 atom stereocenters. The van der Waals surface area contributed by atoms with Gasteiger partial charge in [0.1, 0.15) is 5.76 Å². The van der Waals surface area contributed by atoms with Gasteiger partial charge in [0, 0.05) is 23.0 Å². The molecule has 2 rings (SSSR count). The van der Waals surface area contributed by atoms with Crippen LogP contribution in [0.3, 0.4) is 0 Å². The Morgan fingerprint density at radius 1 is 1.58 bits per heavy atom. The van der Waals surface area contributed by atoms with Crippen LogP contribution in [0.15, 0.2) is 28.0 Å². The zero-order chi connectivity index (χ0) is 13.8. The molecule has 2 heterocycles. The number of aryl methyl sites for hydroxylation is 1. The molecule has 0 saturated heterocycles. The van der Waals surface area contributed by atoms with Crippen LogP contribution in [0.1, 0.15) is 33.7 Å². The highest BCUT2D eigenvalue weighted by Crippen LogP contribution is 2.15. The van der Waals surface area contributed by atoms with Crippen molar-refractivity contribution < 1.29 is 14.3 Å². The SMILES string of the molecule is Cc1oc(C(=O)O)cc1CNC(C)Cc1cccs1. The van der Waals surface area contributed by atoms with Gasteiger partial charge in [-0.15, -0.1) is 11.3 Å². The van der Waals surface area contributed by atoms with E-state index >= 15 is 0 Å². The zero-order valence-electron chi connectivity index (χ0n) is 11.0. The van der Waals surface area contributed by atoms with E-state index in [0.29, 0.717) is 18.3 Å². The zero-order valence-corrected chi connectivity index (χ0v) is 11.8. The number of nitrogens with one attached hydrogen (secondary N) is 1. The van der Waals surface area contributed by atoms with Gasteiger partial charge in [0.2, 0.25) is 5.76 Å². The summed E-state index contributed by atoms with van der Waals surface area (Å²) >= 11 is 1.75. The number of rotatable bonds is 6. The molecule has 0 bridgehead atoms. The van der Waals surface area contributed by atoms with Crippen molar-refractivity contribution in [2.45, 2.75) is 32.9 Å². The maximum absolute atomic E-state index is 10.8. The molecule has 0 fully saturated rings. The Morgan fingerprint density at radius 3 is 2.95 bits per heavy atom. The largest absolute Gasteiger partial charge is 0.475 e. The van der Waals surface area contributed by atoms with Gasteiger partial charge in [-0.1, -0.05) is 6.07 Å². The second-order valence-corrected chi connectivity index (χ2v) is 5.59. The van der Waals surface area contributed by atoms with Crippen LogP contribution in [0.25, 0.3) is 0 Å². The highest BCUT2D eigenvalue weighted by molar-refractivity contribution is 7.09. The fraction of sp³-hybridized carbons (Fsp3) is 0.357. The van der Waals surface area contributed by atoms with Crippen molar-refractivity contribution in [1.29, 1.82) is 0 Å². The van der Waals surface area contributed by atoms with Crippen molar-refractivity contribution in [1.82, 2.24) is 5.32 Å². The lowest BCUT2D eigenvalue weighted by atomic mass is 10.2. The Bertz CT molecular complexity index is 545. The average molecular weight is 279 g/mol. The van der Waals surface area contributed by atoms with E-state index in [4.69, 9.17) is 9.52 Å². The molecule has 4 nitrogen and oxygen atoms in total. The third-order valence-electron chi connectivity index (χ3n) is 2.96. The second kappa shape index (κ2) is 6.04. The first-order chi connectivity index (χ1) is 9.06. The maximum atomic E-state index is 10.8. The number of carbonyl (C=O) groups is 1. The second-order valence-electron chi connectivity index (χ2n) is 4.56. The minimum absolute atomic E-state index is 0.000194. The molecule has 0 aliphatic carbocycles. The molecule has 0 aromatic carbocycles. The minimum Gasteiger partial charge on any atom is -0.475 e. The first-order valence-electron chi connectivity index (χ1n) is 6.14. The van der Waals surface area contributed by atoms with Gasteiger partial charge in [0.25, 0.3) is 0 Å². The number of carboxylic acids is 1. The first-order valence-corrected chi connectivity index (χ1v) is 7.02. The Labute approximate surface area is 116 Å². The number of furan rings is 1. The van der Waals surface area contributed by atoms with E-state index in [9.17, 15) is 4.79 Å². The summed E-state index contributed by atoms with van der Waals surface area (Å²) in [7, 11) is 0. The van der Waals surface area contributed by atoms with Crippen LogP contribution in [0.2, 0.25) is 0 Å². The standard InChI is InChI=1S/C14H17NO3S/c1-9(6-12-4-3-5-19-12)15-8-11-7-13(14(16)17)18-10(11)2/h3-5,7,9,15H,6,8H2,1-2H3,(H,16,17). The van der Waals surface area contributed by atoms with Gasteiger partial charge < -0.3 is 14.8 Å². The molecule has 2 N–H and O–H groups in total. The highest BCUT2D eigenvalue weighted by atomic mass is 32.1. The van der Waals surface area contributed by atoms with Gasteiger partial charge >= 0.3 is 5.97 Å². The summed E-state index contributed by atoms with van der Waals surface area (Å²) < 4.78 is 5.18. The fourth-order valence-electron chi connectivity index (χ4n) is 1.89. The van der Waals surface area contributed by atoms with Crippen molar-refractivity contribution in [3.63, 3.8) is 0 Å². The van der Waals surface area contributed by atoms with E-state index in [1.807, 2.05) is 6.07 Å². The number of hydrogen-bond donors (Lipinski definition) is 2. The summed E-state index contributed by atoms with van der Waals surface area (Å²) in [4.78, 5) is 12.1. The van der Waals surface area contributed by atoms with Crippen LogP contribution in [0.4, 0.5) is 0 Å². The molecule has 102 valence electrons. The molecule has 2 aromatic heterocycles. The topological polar surface area (TPSA) is 62.5 Å². The monoisotopic (exact) mass is 279 g/mol. The molecule has 0 saturated carbocycles. The van der Waals surface area contributed by atoms with Crippen LogP contribution in [0.5, 0.6) is 0 Å². The van der Waals surface area contributed by atoms with Gasteiger partial charge in [-0.3, -0.25) is 0 Å². The highest BCUT2D eigenvalue weighted by Gasteiger charge is 2.13. The van der Waals surface area contributed by atoms with Crippen LogP contribution < -0.4 is 5.32 Å². The third kappa shape index (κ3) is 3.68. The molecule has 5 heteroatoms. The number of carboxylic acid groups (broad SMARTS) is 1. The Morgan fingerprint density at radius 2 is 2.37 bits per heavy atom. The lowest BCUT2D eigenvalue weighted by Crippen LogP contribution is -2.27. The summed E-state index contributed by atoms with van der Waals surface area (Å²) in [6.45, 7) is 4.52. The first kappa shape index (κ1) is 13.8. The Hall–Kier alpha value is -1.59. The molecule has 0 amide bonds. The predicted octanol–water partition coefficient (Wildman–Crippen LogP) is 3.07. The number of thiophene rings is 1. The summed E-state index contributed by atoms with van der Waals surface area (Å²) in [6.07, 6.45) is 0.973. The predicted molar refractivity (Wildman–Crippen MR) is 74.7 cm³/mol. The normalized spacial score (nSPS) is 12.5. The molecule has 0 spiro atoms. The van der Waals surface area contributed by atoms with E-state index < -0.39 is 5.97 Å². The molecule has 19 heavy (non-hydrogen) atoms. The minimum atomic E-state index is -1.03. The maximum Gasteiger partial charge on any atom is 0.371 e. The lowest BCUT2D eigenvalue weighted by molar-refractivity contribution is 0.0661. The van der Waals surface area contributed by atoms with Crippen LogP contribution >= 0.6 is 11.3 Å². The summed E-state index contributed by atoms with van der Waals surface area (Å²) in [5.74, 6) is -0.366. The van der Waals surface area contributed by atoms with E-state index in [2.05, 4.69) is 23.7 Å². The lowest BCUT2D eigenvalue weighted by Gasteiger charge is -2.12. The Balaban J connectivity index is 1.89. The van der Waals surface area contributed by atoms with Gasteiger partial charge in [0.15, 0.2) is 0 Å². The average Bonchev–Trinajstić information content (AvgIpc) is 2.96. The van der Waals surface area contributed by atoms with Crippen LogP contribution in [-0.2, 0) is 13.0 Å². The van der Waals surface area contributed by atoms with Gasteiger partial charge in [-0.2, -0.15) is 0 Å². The molecule has 0 aliphatic heterocycles. The summed E-state index contributed by atoms with van der Waals surface area (Å²) in [5, 5.41) is 14.3. The Kier molecular flexibility index (Phi) is 4.39. The van der Waals surface area contributed by atoms with Gasteiger partial charge in [-0.05, 0) is 37.8 Å². The fourth-order valence-corrected chi connectivity index (χ4v) is 2.72. The molecule has 2 aromatic rings. The quantitative estimate of drug-likeness (QED) is 0.853. The number of aromatic carboxylic acids is 1. The van der Waals surface area contributed by atoms with Gasteiger partial charge in [0.05, 0.1) is 0 Å². The molecule has 1 unspecified atom stereocenters. The van der Waals surface area contributed by atoms with Crippen LogP contribution in [-0.4, -0.2) is 17.1 Å². The van der Waals surface area contributed by atoms with Crippen molar-refractivity contribution >= 4 is 17.3 Å². The summed E-state index contributed by atoms with van der Waals surface area (Å²) in [6, 6.07) is 6.09. The van der Waals surface area contributed by atoms with E-state index in [1.165, 1.54) is 4.88 Å². The molecular formula is C14H17NO3S. The van der Waals surface area contributed by atoms with Crippen molar-refractivity contribution in [2.24, 2.45) is 0 Å². The third-order valence-corrected chi connectivity index (χ3v) is 3.86. The summed E-state index contributed by atoms with van der Waals surface area (Å²) in [5.41, 5.74) is 0.899. The molecule has 0 aliphatic rings. The van der Waals surface area contributed by atoms with E-state index in [-0.39, 0.29) is 5.76 Å². The van der Waals surface area contributed by atoms with Crippen molar-refractivity contribution in [3.05, 3.63) is 45.5 Å². The van der Waals surface area contributed by atoms with E-state index in [0.717, 1.165) is 12.0 Å². The van der Waals surface area contributed by atoms with Crippen molar-refractivity contribution in [2.75, 3.05) is 0 Å². The van der Waals surface area contributed by atoms with Gasteiger partial charge in [-0.25, -0.2) is 4.79 Å².